The van der Waals surface area contributed by atoms with Crippen LogP contribution in [0.1, 0.15) is 22.3 Å². The summed E-state index contributed by atoms with van der Waals surface area (Å²) in [5.74, 6) is 0. The largest absolute Gasteiger partial charge is 0.392 e. The minimum Gasteiger partial charge on any atom is -0.392 e. The highest BCUT2D eigenvalue weighted by Crippen LogP contribution is 2.20. The summed E-state index contributed by atoms with van der Waals surface area (Å²) >= 11 is 0. The van der Waals surface area contributed by atoms with Crippen molar-refractivity contribution in [1.29, 1.82) is 0 Å². The van der Waals surface area contributed by atoms with Crippen molar-refractivity contribution in [3.63, 3.8) is 0 Å². The van der Waals surface area contributed by atoms with Gasteiger partial charge in [0.25, 0.3) is 0 Å². The number of nitrogens with zero attached hydrogens (tertiary/aromatic N) is 1. The van der Waals surface area contributed by atoms with E-state index in [1.807, 2.05) is 12.1 Å². The van der Waals surface area contributed by atoms with Crippen molar-refractivity contribution in [1.82, 2.24) is 4.57 Å². The molecule has 20 heavy (non-hydrogen) atoms. The van der Waals surface area contributed by atoms with Crippen LogP contribution in [0.25, 0.3) is 10.9 Å². The van der Waals surface area contributed by atoms with Gasteiger partial charge in [0.1, 0.15) is 0 Å². The van der Waals surface area contributed by atoms with Gasteiger partial charge >= 0.3 is 0 Å². The summed E-state index contributed by atoms with van der Waals surface area (Å²) in [6, 6.07) is 14.8. The van der Waals surface area contributed by atoms with E-state index in [0.29, 0.717) is 0 Å². The molecule has 2 heteroatoms. The standard InChI is InChI=1S/C18H19NO/c1-13-3-4-15(9-14(13)2)11-19-8-7-17-10-16(12-20)5-6-18(17)19/h3-10,20H,11-12H2,1-2H3. The molecule has 1 aromatic heterocycles. The third-order valence-corrected chi connectivity index (χ3v) is 3.94. The van der Waals surface area contributed by atoms with Crippen LogP contribution >= 0.6 is 0 Å². The maximum Gasteiger partial charge on any atom is 0.0682 e. The maximum absolute atomic E-state index is 9.19. The van der Waals surface area contributed by atoms with Crippen molar-refractivity contribution in [2.75, 3.05) is 0 Å². The van der Waals surface area contributed by atoms with Crippen molar-refractivity contribution in [2.45, 2.75) is 27.0 Å². The second kappa shape index (κ2) is 5.14. The lowest BCUT2D eigenvalue weighted by Crippen LogP contribution is -1.98. The van der Waals surface area contributed by atoms with E-state index in [4.69, 9.17) is 0 Å². The first-order chi connectivity index (χ1) is 9.67. The van der Waals surface area contributed by atoms with E-state index in [-0.39, 0.29) is 6.61 Å². The van der Waals surface area contributed by atoms with Gasteiger partial charge in [-0.15, -0.1) is 0 Å². The summed E-state index contributed by atoms with van der Waals surface area (Å²) < 4.78 is 2.25. The van der Waals surface area contributed by atoms with Gasteiger partial charge < -0.3 is 9.67 Å². The quantitative estimate of drug-likeness (QED) is 0.765. The van der Waals surface area contributed by atoms with Gasteiger partial charge in [0.15, 0.2) is 0 Å². The Kier molecular flexibility index (Phi) is 3.33. The molecule has 2 nitrogen and oxygen atoms in total. The molecule has 3 rings (SSSR count). The van der Waals surface area contributed by atoms with E-state index in [9.17, 15) is 5.11 Å². The van der Waals surface area contributed by atoms with E-state index in [1.165, 1.54) is 27.6 Å². The van der Waals surface area contributed by atoms with Crippen molar-refractivity contribution in [3.05, 3.63) is 70.9 Å². The van der Waals surface area contributed by atoms with Crippen LogP contribution in [0.2, 0.25) is 0 Å². The van der Waals surface area contributed by atoms with Crippen LogP contribution in [-0.2, 0) is 13.2 Å². The minimum absolute atomic E-state index is 0.0955. The third kappa shape index (κ3) is 2.35. The van der Waals surface area contributed by atoms with Crippen LogP contribution in [0, 0.1) is 13.8 Å². The number of aromatic nitrogens is 1. The van der Waals surface area contributed by atoms with Gasteiger partial charge in [-0.2, -0.15) is 0 Å². The number of rotatable bonds is 3. The van der Waals surface area contributed by atoms with Gasteiger partial charge in [0.2, 0.25) is 0 Å². The van der Waals surface area contributed by atoms with Crippen LogP contribution in [0.15, 0.2) is 48.7 Å². The lowest BCUT2D eigenvalue weighted by Gasteiger charge is -2.08. The van der Waals surface area contributed by atoms with Crippen molar-refractivity contribution >= 4 is 10.9 Å². The van der Waals surface area contributed by atoms with Gasteiger partial charge in [-0.25, -0.2) is 0 Å². The van der Waals surface area contributed by atoms with Gasteiger partial charge in [-0.05, 0) is 59.7 Å². The average Bonchev–Trinajstić information content (AvgIpc) is 2.85. The van der Waals surface area contributed by atoms with Crippen molar-refractivity contribution in [3.8, 4) is 0 Å². The summed E-state index contributed by atoms with van der Waals surface area (Å²) in [5.41, 5.74) is 6.15. The van der Waals surface area contributed by atoms with E-state index in [0.717, 1.165) is 12.1 Å². The number of benzene rings is 2. The van der Waals surface area contributed by atoms with Crippen LogP contribution in [0.5, 0.6) is 0 Å². The second-order valence-electron chi connectivity index (χ2n) is 5.41. The monoisotopic (exact) mass is 265 g/mol. The fraction of sp³-hybridized carbons (Fsp3) is 0.222. The number of aliphatic hydroxyl groups is 1. The molecule has 0 atom stereocenters. The molecular weight excluding hydrogens is 246 g/mol. The van der Waals surface area contributed by atoms with E-state index in [2.05, 4.69) is 54.9 Å². The molecule has 0 aliphatic heterocycles. The van der Waals surface area contributed by atoms with Gasteiger partial charge in [-0.1, -0.05) is 24.3 Å². The molecule has 0 unspecified atom stereocenters. The lowest BCUT2D eigenvalue weighted by molar-refractivity contribution is 0.282. The molecule has 1 N–H and O–H groups in total. The van der Waals surface area contributed by atoms with Crippen molar-refractivity contribution < 1.29 is 5.11 Å². The Morgan fingerprint density at radius 3 is 2.45 bits per heavy atom. The Balaban J connectivity index is 1.96. The summed E-state index contributed by atoms with van der Waals surface area (Å²) in [4.78, 5) is 0. The van der Waals surface area contributed by atoms with Gasteiger partial charge in [-0.3, -0.25) is 0 Å². The van der Waals surface area contributed by atoms with Crippen LogP contribution in [-0.4, -0.2) is 9.67 Å². The third-order valence-electron chi connectivity index (χ3n) is 3.94. The first-order valence-corrected chi connectivity index (χ1v) is 6.92. The molecular formula is C18H19NO. The number of hydrogen-bond acceptors (Lipinski definition) is 1. The summed E-state index contributed by atoms with van der Waals surface area (Å²) in [6.45, 7) is 5.27. The highest BCUT2D eigenvalue weighted by Gasteiger charge is 2.04. The molecule has 0 spiro atoms. The Bertz CT molecular complexity index is 755. The first kappa shape index (κ1) is 12.9. The number of fused-ring (bicyclic) bond motifs is 1. The number of aryl methyl sites for hydroxylation is 2. The van der Waals surface area contributed by atoms with Crippen LogP contribution in [0.3, 0.4) is 0 Å². The number of hydrogen-bond donors (Lipinski definition) is 1. The summed E-state index contributed by atoms with van der Waals surface area (Å²) in [5, 5.41) is 10.4. The molecule has 0 aliphatic rings. The highest BCUT2D eigenvalue weighted by atomic mass is 16.3. The molecule has 2 aromatic carbocycles. The Hall–Kier alpha value is -2.06. The Morgan fingerprint density at radius 2 is 1.70 bits per heavy atom. The number of aliphatic hydroxyl groups excluding tert-OH is 1. The highest BCUT2D eigenvalue weighted by molar-refractivity contribution is 5.81. The van der Waals surface area contributed by atoms with Gasteiger partial charge in [0, 0.05) is 18.3 Å². The Labute approximate surface area is 119 Å². The SMILES string of the molecule is Cc1ccc(Cn2ccc3cc(CO)ccc32)cc1C. The van der Waals surface area contributed by atoms with E-state index >= 15 is 0 Å². The fourth-order valence-corrected chi connectivity index (χ4v) is 2.58. The summed E-state index contributed by atoms with van der Waals surface area (Å²) in [6.07, 6.45) is 2.11. The molecule has 0 aliphatic carbocycles. The first-order valence-electron chi connectivity index (χ1n) is 6.92. The molecule has 3 aromatic rings. The van der Waals surface area contributed by atoms with Crippen LogP contribution in [0.4, 0.5) is 0 Å². The smallest absolute Gasteiger partial charge is 0.0682 e. The van der Waals surface area contributed by atoms with Crippen molar-refractivity contribution in [2.24, 2.45) is 0 Å². The predicted molar refractivity (Wildman–Crippen MR) is 82.9 cm³/mol. The van der Waals surface area contributed by atoms with Gasteiger partial charge in [0.05, 0.1) is 6.61 Å². The Morgan fingerprint density at radius 1 is 0.900 bits per heavy atom. The zero-order valence-electron chi connectivity index (χ0n) is 11.9. The zero-order chi connectivity index (χ0) is 14.1. The average molecular weight is 265 g/mol. The van der Waals surface area contributed by atoms with E-state index in [1.54, 1.807) is 0 Å². The maximum atomic E-state index is 9.19. The normalized spacial score (nSPS) is 11.2. The van der Waals surface area contributed by atoms with Crippen LogP contribution < -0.4 is 0 Å². The molecule has 102 valence electrons. The molecule has 0 radical (unpaired) electrons. The minimum atomic E-state index is 0.0955. The zero-order valence-corrected chi connectivity index (χ0v) is 11.9. The molecule has 0 saturated heterocycles. The summed E-state index contributed by atoms with van der Waals surface area (Å²) in [7, 11) is 0. The molecule has 1 heterocycles. The topological polar surface area (TPSA) is 25.2 Å². The molecule has 0 bridgehead atoms. The molecule has 0 fully saturated rings. The molecule has 0 amide bonds. The second-order valence-corrected chi connectivity index (χ2v) is 5.41. The predicted octanol–water partition coefficient (Wildman–Crippen LogP) is 3.80. The fourth-order valence-electron chi connectivity index (χ4n) is 2.58. The molecule has 0 saturated carbocycles. The van der Waals surface area contributed by atoms with E-state index < -0.39 is 0 Å². The lowest BCUT2D eigenvalue weighted by atomic mass is 10.1.